The van der Waals surface area contributed by atoms with Crippen molar-refractivity contribution in [3.8, 4) is 0 Å². The van der Waals surface area contributed by atoms with Gasteiger partial charge in [-0.2, -0.15) is 0 Å². The Hall–Kier alpha value is -0.500. The predicted octanol–water partition coefficient (Wildman–Crippen LogP) is 3.30. The first kappa shape index (κ1) is 12.6. The summed E-state index contributed by atoms with van der Waals surface area (Å²) in [7, 11) is 0. The van der Waals surface area contributed by atoms with Crippen LogP contribution in [0.25, 0.3) is 0 Å². The summed E-state index contributed by atoms with van der Waals surface area (Å²) in [4.78, 5) is 11.9. The van der Waals surface area contributed by atoms with Gasteiger partial charge in [0.2, 0.25) is 0 Å². The zero-order chi connectivity index (χ0) is 11.3. The van der Waals surface area contributed by atoms with Crippen LogP contribution in [0.1, 0.15) is 39.5 Å². The van der Waals surface area contributed by atoms with Crippen molar-refractivity contribution in [3.05, 3.63) is 11.8 Å². The van der Waals surface area contributed by atoms with Crippen LogP contribution in [-0.4, -0.2) is 18.3 Å². The van der Waals surface area contributed by atoms with Gasteiger partial charge in [-0.05, 0) is 26.2 Å². The Morgan fingerprint density at radius 1 is 1.60 bits per heavy atom. The number of carbonyl (C=O) groups excluding carboxylic acids is 1. The van der Waals surface area contributed by atoms with Crippen LogP contribution in [0.3, 0.4) is 0 Å². The fraction of sp³-hybridized carbons (Fsp3) is 0.750. The molecule has 0 aliphatic heterocycles. The van der Waals surface area contributed by atoms with Crippen LogP contribution >= 0.6 is 11.6 Å². The van der Waals surface area contributed by atoms with E-state index in [-0.39, 0.29) is 11.2 Å². The van der Waals surface area contributed by atoms with Gasteiger partial charge in [-0.25, -0.2) is 0 Å². The lowest BCUT2D eigenvalue weighted by atomic mass is 9.74. The van der Waals surface area contributed by atoms with Gasteiger partial charge in [0, 0.05) is 23.8 Å². The van der Waals surface area contributed by atoms with E-state index >= 15 is 0 Å². The molecule has 0 aromatic heterocycles. The summed E-state index contributed by atoms with van der Waals surface area (Å²) in [5.41, 5.74) is -0.213. The second-order valence-electron chi connectivity index (χ2n) is 4.26. The van der Waals surface area contributed by atoms with Crippen molar-refractivity contribution in [3.63, 3.8) is 0 Å². The molecular weight excluding hydrogens is 212 g/mol. The molecule has 0 saturated carbocycles. The van der Waals surface area contributed by atoms with E-state index in [9.17, 15) is 4.79 Å². The van der Waals surface area contributed by atoms with Gasteiger partial charge in [0.15, 0.2) is 5.78 Å². The monoisotopic (exact) mass is 230 g/mol. The molecule has 0 N–H and O–H groups in total. The molecule has 2 nitrogen and oxygen atoms in total. The predicted molar refractivity (Wildman–Crippen MR) is 62.0 cm³/mol. The largest absolute Gasteiger partial charge is 0.498 e. The Bertz CT molecular complexity index is 260. The molecule has 1 atom stereocenters. The van der Waals surface area contributed by atoms with E-state index < -0.39 is 0 Å². The van der Waals surface area contributed by atoms with Crippen LogP contribution < -0.4 is 0 Å². The molecule has 0 radical (unpaired) electrons. The summed E-state index contributed by atoms with van der Waals surface area (Å²) in [5, 5.41) is 0. The average Bonchev–Trinajstić information content (AvgIpc) is 2.22. The molecule has 1 rings (SSSR count). The Morgan fingerprint density at radius 2 is 2.33 bits per heavy atom. The van der Waals surface area contributed by atoms with Crippen LogP contribution in [0.4, 0.5) is 0 Å². The molecule has 0 aromatic carbocycles. The first-order valence-electron chi connectivity index (χ1n) is 5.56. The summed E-state index contributed by atoms with van der Waals surface area (Å²) >= 11 is 5.66. The van der Waals surface area contributed by atoms with Gasteiger partial charge in [-0.15, -0.1) is 11.6 Å². The van der Waals surface area contributed by atoms with E-state index in [2.05, 4.69) is 0 Å². The van der Waals surface area contributed by atoms with Crippen LogP contribution in [0.5, 0.6) is 0 Å². The summed E-state index contributed by atoms with van der Waals surface area (Å²) in [5.74, 6) is 1.67. The van der Waals surface area contributed by atoms with Crippen LogP contribution in [0, 0.1) is 5.41 Å². The molecule has 0 heterocycles. The van der Waals surface area contributed by atoms with E-state index in [0.29, 0.717) is 12.5 Å². The first-order chi connectivity index (χ1) is 7.12. The topological polar surface area (TPSA) is 26.3 Å². The van der Waals surface area contributed by atoms with Crippen molar-refractivity contribution in [2.24, 2.45) is 5.41 Å². The second-order valence-corrected chi connectivity index (χ2v) is 4.64. The molecule has 0 spiro atoms. The van der Waals surface area contributed by atoms with Crippen molar-refractivity contribution in [1.29, 1.82) is 0 Å². The highest BCUT2D eigenvalue weighted by atomic mass is 35.5. The average molecular weight is 231 g/mol. The third-order valence-corrected chi connectivity index (χ3v) is 3.27. The Morgan fingerprint density at radius 3 is 2.87 bits per heavy atom. The smallest absolute Gasteiger partial charge is 0.164 e. The second kappa shape index (κ2) is 5.55. The zero-order valence-corrected chi connectivity index (χ0v) is 10.3. The minimum Gasteiger partial charge on any atom is -0.498 e. The third-order valence-electron chi connectivity index (χ3n) is 3.00. The van der Waals surface area contributed by atoms with Gasteiger partial charge in [0.25, 0.3) is 0 Å². The minimum absolute atomic E-state index is 0.197. The van der Waals surface area contributed by atoms with Crippen LogP contribution in [-0.2, 0) is 9.53 Å². The number of hydrogen-bond acceptors (Lipinski definition) is 2. The standard InChI is InChI=1S/C12H19ClO2/c1-3-15-10-5-7-12(2,6-4-8-13)11(14)9-10/h9H,3-8H2,1-2H3. The van der Waals surface area contributed by atoms with Gasteiger partial charge in [-0.1, -0.05) is 6.92 Å². The van der Waals surface area contributed by atoms with Gasteiger partial charge in [0.05, 0.1) is 12.4 Å². The fourth-order valence-electron chi connectivity index (χ4n) is 1.92. The molecule has 3 heteroatoms. The van der Waals surface area contributed by atoms with Crippen molar-refractivity contribution >= 4 is 17.4 Å². The quantitative estimate of drug-likeness (QED) is 0.678. The third kappa shape index (κ3) is 3.23. The number of rotatable bonds is 5. The Balaban J connectivity index is 2.62. The molecular formula is C12H19ClO2. The highest BCUT2D eigenvalue weighted by Crippen LogP contribution is 2.36. The number of carbonyl (C=O) groups is 1. The Labute approximate surface area is 96.6 Å². The van der Waals surface area contributed by atoms with E-state index in [4.69, 9.17) is 16.3 Å². The highest BCUT2D eigenvalue weighted by molar-refractivity contribution is 6.17. The number of halogens is 1. The number of hydrogen-bond donors (Lipinski definition) is 0. The number of ether oxygens (including phenoxy) is 1. The summed E-state index contributed by atoms with van der Waals surface area (Å²) in [6, 6.07) is 0. The van der Waals surface area contributed by atoms with Crippen LogP contribution in [0.15, 0.2) is 11.8 Å². The number of allylic oxidation sites excluding steroid dienone is 2. The maximum atomic E-state index is 11.9. The normalized spacial score (nSPS) is 26.3. The SMILES string of the molecule is CCOC1=CC(=O)C(C)(CCCCl)CC1. The van der Waals surface area contributed by atoms with E-state index in [1.54, 1.807) is 6.08 Å². The van der Waals surface area contributed by atoms with Gasteiger partial charge in [0.1, 0.15) is 0 Å². The molecule has 0 saturated heterocycles. The highest BCUT2D eigenvalue weighted by Gasteiger charge is 2.34. The summed E-state index contributed by atoms with van der Waals surface area (Å²) in [6.07, 6.45) is 5.21. The fourth-order valence-corrected chi connectivity index (χ4v) is 2.05. The molecule has 0 amide bonds. The number of alkyl halides is 1. The number of ketones is 1. The lowest BCUT2D eigenvalue weighted by Gasteiger charge is -2.30. The molecule has 1 unspecified atom stereocenters. The molecule has 0 fully saturated rings. The van der Waals surface area contributed by atoms with Crippen molar-refractivity contribution in [1.82, 2.24) is 0 Å². The van der Waals surface area contributed by atoms with E-state index in [1.165, 1.54) is 0 Å². The summed E-state index contributed by atoms with van der Waals surface area (Å²) in [6.45, 7) is 4.60. The van der Waals surface area contributed by atoms with Crippen molar-refractivity contribution in [2.75, 3.05) is 12.5 Å². The van der Waals surface area contributed by atoms with E-state index in [0.717, 1.165) is 31.4 Å². The lowest BCUT2D eigenvalue weighted by Crippen LogP contribution is -2.30. The molecule has 86 valence electrons. The first-order valence-corrected chi connectivity index (χ1v) is 6.09. The van der Waals surface area contributed by atoms with Crippen molar-refractivity contribution in [2.45, 2.75) is 39.5 Å². The van der Waals surface area contributed by atoms with Crippen molar-refractivity contribution < 1.29 is 9.53 Å². The maximum Gasteiger partial charge on any atom is 0.164 e. The van der Waals surface area contributed by atoms with E-state index in [1.807, 2.05) is 13.8 Å². The van der Waals surface area contributed by atoms with Gasteiger partial charge >= 0.3 is 0 Å². The van der Waals surface area contributed by atoms with Gasteiger partial charge < -0.3 is 4.74 Å². The maximum absolute atomic E-state index is 11.9. The zero-order valence-electron chi connectivity index (χ0n) is 9.51. The molecule has 0 aromatic rings. The molecule has 1 aliphatic rings. The summed E-state index contributed by atoms with van der Waals surface area (Å²) < 4.78 is 5.37. The molecule has 1 aliphatic carbocycles. The van der Waals surface area contributed by atoms with Crippen LogP contribution in [0.2, 0.25) is 0 Å². The molecule has 15 heavy (non-hydrogen) atoms. The molecule has 0 bridgehead atoms. The van der Waals surface area contributed by atoms with Gasteiger partial charge in [-0.3, -0.25) is 4.79 Å². The lowest BCUT2D eigenvalue weighted by molar-refractivity contribution is -0.124. The Kier molecular flexibility index (Phi) is 4.65. The minimum atomic E-state index is -0.213.